The molecule has 1 aromatic heterocycles. The highest BCUT2D eigenvalue weighted by Gasteiger charge is 2.20. The number of ether oxygens (including phenoxy) is 2. The van der Waals surface area contributed by atoms with Crippen molar-refractivity contribution in [3.8, 4) is 11.5 Å². The van der Waals surface area contributed by atoms with Crippen molar-refractivity contribution >= 4 is 5.57 Å². The number of nitrogens with one attached hydrogen (secondary N) is 1. The van der Waals surface area contributed by atoms with Gasteiger partial charge in [0, 0.05) is 50.0 Å². The van der Waals surface area contributed by atoms with Gasteiger partial charge in [-0.2, -0.15) is 0 Å². The summed E-state index contributed by atoms with van der Waals surface area (Å²) in [5.41, 5.74) is 4.40. The molecule has 1 saturated heterocycles. The second-order valence-corrected chi connectivity index (χ2v) is 6.65. The van der Waals surface area contributed by atoms with Crippen molar-refractivity contribution in [3.05, 3.63) is 59.4 Å². The summed E-state index contributed by atoms with van der Waals surface area (Å²) in [6.07, 6.45) is 5.16. The third-order valence-electron chi connectivity index (χ3n) is 5.03. The summed E-state index contributed by atoms with van der Waals surface area (Å²) in [6.45, 7) is 5.96. The fraction of sp³-hybridized carbons (Fsp3) is 0.381. The highest BCUT2D eigenvalue weighted by atomic mass is 16.5. The third-order valence-corrected chi connectivity index (χ3v) is 5.03. The molecule has 0 aliphatic carbocycles. The Morgan fingerprint density at radius 2 is 2.12 bits per heavy atom. The Balaban J connectivity index is 1.67. The summed E-state index contributed by atoms with van der Waals surface area (Å²) in [5, 5.41) is 3.41. The summed E-state index contributed by atoms with van der Waals surface area (Å²) in [7, 11) is 1.70. The van der Waals surface area contributed by atoms with E-state index in [0.717, 1.165) is 67.5 Å². The van der Waals surface area contributed by atoms with Crippen LogP contribution >= 0.6 is 0 Å². The molecule has 0 spiro atoms. The lowest BCUT2D eigenvalue weighted by Crippen LogP contribution is -2.43. The number of nitrogens with zero attached hydrogens (tertiary/aromatic N) is 2. The molecule has 4 rings (SSSR count). The molecule has 1 N–H and O–H groups in total. The van der Waals surface area contributed by atoms with E-state index in [-0.39, 0.29) is 0 Å². The number of fused-ring (bicyclic) bond motifs is 2. The van der Waals surface area contributed by atoms with Crippen molar-refractivity contribution in [2.45, 2.75) is 13.0 Å². The van der Waals surface area contributed by atoms with Gasteiger partial charge in [0.2, 0.25) is 0 Å². The minimum absolute atomic E-state index is 0.491. The molecule has 26 heavy (non-hydrogen) atoms. The molecule has 0 atom stereocenters. The second-order valence-electron chi connectivity index (χ2n) is 6.65. The van der Waals surface area contributed by atoms with E-state index in [9.17, 15) is 0 Å². The van der Waals surface area contributed by atoms with Crippen molar-refractivity contribution in [3.63, 3.8) is 0 Å². The Hall–Kier alpha value is -2.37. The third kappa shape index (κ3) is 3.59. The first-order valence-electron chi connectivity index (χ1n) is 9.24. The van der Waals surface area contributed by atoms with Crippen molar-refractivity contribution < 1.29 is 9.47 Å². The van der Waals surface area contributed by atoms with Crippen LogP contribution < -0.4 is 14.8 Å². The van der Waals surface area contributed by atoms with Crippen LogP contribution in [-0.4, -0.2) is 49.7 Å². The van der Waals surface area contributed by atoms with Gasteiger partial charge in [0.05, 0.1) is 12.8 Å². The number of hydrogen-bond donors (Lipinski definition) is 1. The van der Waals surface area contributed by atoms with E-state index in [2.05, 4.69) is 33.4 Å². The molecule has 5 heteroatoms. The summed E-state index contributed by atoms with van der Waals surface area (Å²) in [5.74, 6) is 1.73. The van der Waals surface area contributed by atoms with Crippen LogP contribution in [0.5, 0.6) is 11.5 Å². The molecule has 1 fully saturated rings. The quantitative estimate of drug-likeness (QED) is 0.918. The van der Waals surface area contributed by atoms with E-state index in [1.807, 2.05) is 24.4 Å². The Kier molecular flexibility index (Phi) is 5.18. The first-order chi connectivity index (χ1) is 12.8. The average molecular weight is 351 g/mol. The van der Waals surface area contributed by atoms with Gasteiger partial charge < -0.3 is 19.7 Å². The first-order valence-corrected chi connectivity index (χ1v) is 9.24. The van der Waals surface area contributed by atoms with Gasteiger partial charge in [-0.15, -0.1) is 0 Å². The molecule has 0 unspecified atom stereocenters. The average Bonchev–Trinajstić information content (AvgIpc) is 2.86. The molecule has 2 aliphatic heterocycles. The predicted octanol–water partition coefficient (Wildman–Crippen LogP) is 2.71. The van der Waals surface area contributed by atoms with Crippen LogP contribution in [0.4, 0.5) is 0 Å². The first kappa shape index (κ1) is 17.1. The minimum atomic E-state index is 0.491. The van der Waals surface area contributed by atoms with Crippen molar-refractivity contribution in [1.29, 1.82) is 0 Å². The highest BCUT2D eigenvalue weighted by molar-refractivity contribution is 5.85. The van der Waals surface area contributed by atoms with Crippen molar-refractivity contribution in [2.24, 2.45) is 0 Å². The highest BCUT2D eigenvalue weighted by Crippen LogP contribution is 2.38. The maximum Gasteiger partial charge on any atom is 0.131 e. The van der Waals surface area contributed by atoms with Gasteiger partial charge in [-0.05, 0) is 36.3 Å². The van der Waals surface area contributed by atoms with Gasteiger partial charge in [-0.1, -0.05) is 12.1 Å². The fourth-order valence-corrected chi connectivity index (χ4v) is 3.61. The molecule has 2 aromatic rings. The van der Waals surface area contributed by atoms with E-state index in [1.54, 1.807) is 7.11 Å². The number of rotatable bonds is 4. The van der Waals surface area contributed by atoms with E-state index in [1.165, 1.54) is 5.57 Å². The van der Waals surface area contributed by atoms with Crippen LogP contribution in [0.1, 0.15) is 23.2 Å². The number of aromatic nitrogens is 1. The summed E-state index contributed by atoms with van der Waals surface area (Å²) >= 11 is 0. The Labute approximate surface area is 154 Å². The van der Waals surface area contributed by atoms with E-state index in [0.29, 0.717) is 6.61 Å². The summed E-state index contributed by atoms with van der Waals surface area (Å²) < 4.78 is 11.5. The molecule has 5 nitrogen and oxygen atoms in total. The standard InChI is InChI=1S/C21H25N3O2/c1-25-16-6-7-21-19(14-16)17(5-3-11-24-12-9-22-10-13-24)18-4-2-8-23-20(18)15-26-21/h2,4-8,14,22H,3,9-13,15H2,1H3/b17-5+. The summed E-state index contributed by atoms with van der Waals surface area (Å²) in [4.78, 5) is 7.05. The smallest absolute Gasteiger partial charge is 0.131 e. The van der Waals surface area contributed by atoms with Gasteiger partial charge in [0.25, 0.3) is 0 Å². The number of hydrogen-bond acceptors (Lipinski definition) is 5. The lowest BCUT2D eigenvalue weighted by atomic mass is 9.95. The second kappa shape index (κ2) is 7.89. The van der Waals surface area contributed by atoms with Gasteiger partial charge >= 0.3 is 0 Å². The molecule has 0 amide bonds. The molecule has 0 saturated carbocycles. The zero-order valence-corrected chi connectivity index (χ0v) is 15.2. The minimum Gasteiger partial charge on any atom is -0.497 e. The van der Waals surface area contributed by atoms with Crippen molar-refractivity contribution in [1.82, 2.24) is 15.2 Å². The van der Waals surface area contributed by atoms with Crippen molar-refractivity contribution in [2.75, 3.05) is 39.8 Å². The lowest BCUT2D eigenvalue weighted by Gasteiger charge is -2.26. The number of piperazine rings is 1. The van der Waals surface area contributed by atoms with Gasteiger partial charge in [-0.25, -0.2) is 0 Å². The van der Waals surface area contributed by atoms with Crippen LogP contribution in [0.2, 0.25) is 0 Å². The predicted molar refractivity (Wildman–Crippen MR) is 103 cm³/mol. The van der Waals surface area contributed by atoms with Crippen LogP contribution in [-0.2, 0) is 6.61 Å². The number of pyridine rings is 1. The van der Waals surface area contributed by atoms with Crippen LogP contribution in [0.25, 0.3) is 5.57 Å². The van der Waals surface area contributed by atoms with E-state index in [4.69, 9.17) is 9.47 Å². The SMILES string of the molecule is COc1ccc2c(c1)/C(=C/CCN1CCNCC1)c1cccnc1CO2. The monoisotopic (exact) mass is 351 g/mol. The maximum atomic E-state index is 6.02. The number of benzene rings is 1. The Bertz CT molecular complexity index is 798. The molecule has 2 aliphatic rings. The van der Waals surface area contributed by atoms with Crippen LogP contribution in [0, 0.1) is 0 Å². The topological polar surface area (TPSA) is 46.6 Å². The molecular weight excluding hydrogens is 326 g/mol. The van der Waals surface area contributed by atoms with Gasteiger partial charge in [-0.3, -0.25) is 4.98 Å². The molecular formula is C21H25N3O2. The number of methoxy groups -OCH3 is 1. The molecule has 0 bridgehead atoms. The molecule has 136 valence electrons. The fourth-order valence-electron chi connectivity index (χ4n) is 3.61. The molecule has 1 aromatic carbocycles. The molecule has 3 heterocycles. The summed E-state index contributed by atoms with van der Waals surface area (Å²) in [6, 6.07) is 10.1. The molecule has 0 radical (unpaired) electrons. The normalized spacial score (nSPS) is 18.6. The lowest BCUT2D eigenvalue weighted by molar-refractivity contribution is 0.245. The van der Waals surface area contributed by atoms with Crippen LogP contribution in [0.15, 0.2) is 42.6 Å². The Morgan fingerprint density at radius 1 is 1.23 bits per heavy atom. The Morgan fingerprint density at radius 3 is 2.96 bits per heavy atom. The zero-order valence-electron chi connectivity index (χ0n) is 15.2. The zero-order chi connectivity index (χ0) is 17.8. The van der Waals surface area contributed by atoms with Gasteiger partial charge in [0.15, 0.2) is 0 Å². The van der Waals surface area contributed by atoms with Crippen LogP contribution in [0.3, 0.4) is 0 Å². The maximum absolute atomic E-state index is 6.02. The van der Waals surface area contributed by atoms with Gasteiger partial charge in [0.1, 0.15) is 18.1 Å². The van der Waals surface area contributed by atoms with E-state index >= 15 is 0 Å². The largest absolute Gasteiger partial charge is 0.497 e. The van der Waals surface area contributed by atoms with E-state index < -0.39 is 0 Å².